The average molecular weight is 488 g/mol. The molecule has 0 radical (unpaired) electrons. The van der Waals surface area contributed by atoms with E-state index in [1.807, 2.05) is 24.3 Å². The van der Waals surface area contributed by atoms with Crippen molar-refractivity contribution < 1.29 is 14.3 Å². The van der Waals surface area contributed by atoms with E-state index >= 15 is 0 Å². The molecule has 7 nitrogen and oxygen atoms in total. The van der Waals surface area contributed by atoms with Gasteiger partial charge in [0.05, 0.1) is 6.54 Å². The third kappa shape index (κ3) is 5.88. The maximum absolute atomic E-state index is 11.5. The third-order valence-corrected chi connectivity index (χ3v) is 4.93. The maximum Gasteiger partial charge on any atom is 0.220 e. The highest BCUT2D eigenvalue weighted by Crippen LogP contribution is 2.30. The van der Waals surface area contributed by atoms with Gasteiger partial charge in [0.25, 0.3) is 0 Å². The van der Waals surface area contributed by atoms with E-state index in [1.54, 1.807) is 14.1 Å². The molecule has 2 aliphatic heterocycles. The van der Waals surface area contributed by atoms with Crippen molar-refractivity contribution in [3.8, 4) is 11.5 Å². The molecular formula is C19H29IN4O3. The fraction of sp³-hybridized carbons (Fsp3) is 0.579. The monoisotopic (exact) mass is 488 g/mol. The Morgan fingerprint density at radius 2 is 1.96 bits per heavy atom. The molecule has 1 aromatic rings. The lowest BCUT2D eigenvalue weighted by molar-refractivity contribution is -0.121. The minimum absolute atomic E-state index is 0. The SMILES string of the molecule is CN=C(NCC1COc2ccccc2O1)N1CCC(CC(=O)NC)CC1.I. The maximum atomic E-state index is 11.5. The lowest BCUT2D eigenvalue weighted by Gasteiger charge is -2.35. The molecule has 0 bridgehead atoms. The fourth-order valence-electron chi connectivity index (χ4n) is 3.41. The molecule has 0 aliphatic carbocycles. The number of hydrogen-bond donors (Lipinski definition) is 2. The Labute approximate surface area is 177 Å². The first-order chi connectivity index (χ1) is 12.7. The quantitative estimate of drug-likeness (QED) is 0.385. The molecule has 0 aromatic heterocycles. The molecule has 1 fully saturated rings. The Bertz CT molecular complexity index is 648. The van der Waals surface area contributed by atoms with Crippen molar-refractivity contribution >= 4 is 35.8 Å². The Hall–Kier alpha value is -1.71. The van der Waals surface area contributed by atoms with Crippen molar-refractivity contribution in [1.29, 1.82) is 0 Å². The van der Waals surface area contributed by atoms with Gasteiger partial charge in [-0.3, -0.25) is 9.79 Å². The number of nitrogens with zero attached hydrogens (tertiary/aromatic N) is 2. The van der Waals surface area contributed by atoms with Gasteiger partial charge in [-0.2, -0.15) is 0 Å². The summed E-state index contributed by atoms with van der Waals surface area (Å²) >= 11 is 0. The largest absolute Gasteiger partial charge is 0.486 e. The van der Waals surface area contributed by atoms with Crippen LogP contribution < -0.4 is 20.1 Å². The zero-order chi connectivity index (χ0) is 18.4. The number of rotatable bonds is 4. The van der Waals surface area contributed by atoms with E-state index < -0.39 is 0 Å². The van der Waals surface area contributed by atoms with Gasteiger partial charge in [-0.1, -0.05) is 12.1 Å². The van der Waals surface area contributed by atoms with Gasteiger partial charge in [0.2, 0.25) is 5.91 Å². The number of aliphatic imine (C=N–C) groups is 1. The minimum atomic E-state index is -0.0487. The van der Waals surface area contributed by atoms with Crippen LogP contribution in [0.2, 0.25) is 0 Å². The van der Waals surface area contributed by atoms with Crippen LogP contribution in [0.15, 0.2) is 29.3 Å². The lowest BCUT2D eigenvalue weighted by atomic mass is 9.93. The average Bonchev–Trinajstić information content (AvgIpc) is 2.69. The Kier molecular flexibility index (Phi) is 8.46. The molecule has 1 amide bonds. The van der Waals surface area contributed by atoms with E-state index in [-0.39, 0.29) is 36.0 Å². The lowest BCUT2D eigenvalue weighted by Crippen LogP contribution is -2.49. The number of piperidine rings is 1. The summed E-state index contributed by atoms with van der Waals surface area (Å²) in [6.45, 7) is 2.98. The van der Waals surface area contributed by atoms with Crippen LogP contribution in [-0.2, 0) is 4.79 Å². The summed E-state index contributed by atoms with van der Waals surface area (Å²) in [5.74, 6) is 3.05. The van der Waals surface area contributed by atoms with Crippen LogP contribution in [-0.4, -0.2) is 63.2 Å². The topological polar surface area (TPSA) is 75.2 Å². The van der Waals surface area contributed by atoms with Crippen molar-refractivity contribution in [2.24, 2.45) is 10.9 Å². The number of para-hydroxylation sites is 2. The minimum Gasteiger partial charge on any atom is -0.486 e. The van der Waals surface area contributed by atoms with Crippen LogP contribution in [0, 0.1) is 5.92 Å². The molecule has 0 saturated carbocycles. The molecule has 150 valence electrons. The Morgan fingerprint density at radius 3 is 2.63 bits per heavy atom. The van der Waals surface area contributed by atoms with Gasteiger partial charge in [-0.05, 0) is 30.9 Å². The first-order valence-electron chi connectivity index (χ1n) is 9.24. The zero-order valence-corrected chi connectivity index (χ0v) is 18.3. The number of hydrogen-bond acceptors (Lipinski definition) is 4. The number of ether oxygens (including phenoxy) is 2. The highest BCUT2D eigenvalue weighted by atomic mass is 127. The predicted molar refractivity (Wildman–Crippen MR) is 116 cm³/mol. The summed E-state index contributed by atoms with van der Waals surface area (Å²) in [4.78, 5) is 18.2. The number of amides is 1. The molecule has 2 N–H and O–H groups in total. The molecule has 3 rings (SSSR count). The number of carbonyl (C=O) groups is 1. The molecule has 1 aromatic carbocycles. The van der Waals surface area contributed by atoms with Crippen molar-refractivity contribution in [1.82, 2.24) is 15.5 Å². The summed E-state index contributed by atoms with van der Waals surface area (Å²) in [6.07, 6.45) is 2.57. The second kappa shape index (κ2) is 10.6. The molecule has 2 heterocycles. The summed E-state index contributed by atoms with van der Waals surface area (Å²) in [5, 5.41) is 6.10. The second-order valence-corrected chi connectivity index (χ2v) is 6.73. The van der Waals surface area contributed by atoms with Crippen LogP contribution in [0.1, 0.15) is 19.3 Å². The van der Waals surface area contributed by atoms with Gasteiger partial charge in [-0.15, -0.1) is 24.0 Å². The molecule has 8 heteroatoms. The van der Waals surface area contributed by atoms with E-state index in [1.165, 1.54) is 0 Å². The highest BCUT2D eigenvalue weighted by Gasteiger charge is 2.25. The van der Waals surface area contributed by atoms with Gasteiger partial charge in [0, 0.05) is 33.6 Å². The third-order valence-electron chi connectivity index (χ3n) is 4.93. The van der Waals surface area contributed by atoms with Crippen molar-refractivity contribution in [3.05, 3.63) is 24.3 Å². The number of halogens is 1. The number of nitrogens with one attached hydrogen (secondary N) is 2. The summed E-state index contributed by atoms with van der Waals surface area (Å²) in [5.41, 5.74) is 0. The van der Waals surface area contributed by atoms with E-state index in [4.69, 9.17) is 9.47 Å². The van der Waals surface area contributed by atoms with E-state index in [2.05, 4.69) is 20.5 Å². The fourth-order valence-corrected chi connectivity index (χ4v) is 3.41. The number of carbonyl (C=O) groups excluding carboxylic acids is 1. The van der Waals surface area contributed by atoms with Crippen LogP contribution in [0.25, 0.3) is 0 Å². The van der Waals surface area contributed by atoms with Gasteiger partial charge in [0.1, 0.15) is 12.7 Å². The first kappa shape index (κ1) is 21.6. The standard InChI is InChI=1S/C19H28N4O3.HI/c1-20-18(24)11-14-7-9-23(10-8-14)19(21-2)22-12-15-13-25-16-5-3-4-6-17(16)26-15;/h3-6,14-15H,7-13H2,1-2H3,(H,20,24)(H,21,22);1H. The van der Waals surface area contributed by atoms with Crippen LogP contribution >= 0.6 is 24.0 Å². The number of guanidine groups is 1. The second-order valence-electron chi connectivity index (χ2n) is 6.73. The first-order valence-corrected chi connectivity index (χ1v) is 9.24. The molecule has 1 atom stereocenters. The number of benzene rings is 1. The molecule has 27 heavy (non-hydrogen) atoms. The van der Waals surface area contributed by atoms with E-state index in [0.29, 0.717) is 25.5 Å². The molecule has 0 spiro atoms. The van der Waals surface area contributed by atoms with Gasteiger partial charge >= 0.3 is 0 Å². The molecule has 1 saturated heterocycles. The normalized spacial score (nSPS) is 19.9. The number of fused-ring (bicyclic) bond motifs is 1. The molecular weight excluding hydrogens is 459 g/mol. The predicted octanol–water partition coefficient (Wildman–Crippen LogP) is 1.87. The summed E-state index contributed by atoms with van der Waals surface area (Å²) in [7, 11) is 3.49. The van der Waals surface area contributed by atoms with Crippen LogP contribution in [0.5, 0.6) is 11.5 Å². The van der Waals surface area contributed by atoms with E-state index in [0.717, 1.165) is 43.4 Å². The highest BCUT2D eigenvalue weighted by molar-refractivity contribution is 14.0. The smallest absolute Gasteiger partial charge is 0.220 e. The number of likely N-dealkylation sites (tertiary alicyclic amines) is 1. The van der Waals surface area contributed by atoms with Gasteiger partial charge < -0.3 is 25.0 Å². The Balaban J connectivity index is 0.00000261. The van der Waals surface area contributed by atoms with Crippen molar-refractivity contribution in [2.75, 3.05) is 40.3 Å². The summed E-state index contributed by atoms with van der Waals surface area (Å²) in [6, 6.07) is 7.73. The van der Waals surface area contributed by atoms with Crippen LogP contribution in [0.4, 0.5) is 0 Å². The van der Waals surface area contributed by atoms with Crippen LogP contribution in [0.3, 0.4) is 0 Å². The summed E-state index contributed by atoms with van der Waals surface area (Å²) < 4.78 is 11.7. The molecule has 1 unspecified atom stereocenters. The van der Waals surface area contributed by atoms with Gasteiger partial charge in [0.15, 0.2) is 17.5 Å². The Morgan fingerprint density at radius 1 is 1.26 bits per heavy atom. The molecule has 2 aliphatic rings. The van der Waals surface area contributed by atoms with E-state index in [9.17, 15) is 4.79 Å². The van der Waals surface area contributed by atoms with Crippen molar-refractivity contribution in [3.63, 3.8) is 0 Å². The zero-order valence-electron chi connectivity index (χ0n) is 15.9. The van der Waals surface area contributed by atoms with Gasteiger partial charge in [-0.25, -0.2) is 0 Å². The van der Waals surface area contributed by atoms with Crippen molar-refractivity contribution in [2.45, 2.75) is 25.4 Å².